The van der Waals surface area contributed by atoms with Gasteiger partial charge in [-0.2, -0.15) is 5.90 Å². The topological polar surface area (TPSA) is 52.3 Å². The minimum absolute atomic E-state index is 0. The van der Waals surface area contributed by atoms with E-state index < -0.39 is 0 Å². The first kappa shape index (κ1) is 12.0. The van der Waals surface area contributed by atoms with E-state index in [0.29, 0.717) is 0 Å². The maximum Gasteiger partial charge on any atom is 0.327 e. The van der Waals surface area contributed by atoms with E-state index in [0.717, 1.165) is 19.3 Å². The molecule has 0 saturated carbocycles. The molecule has 1 aliphatic carbocycles. The standard InChI is InChI=1S/C11H13NO2.ClH/c12-14-11(13)10-6-5-8-3-1-2-4-9(8)7-10;/h1-4,10H,5-7,12H2;1H. The summed E-state index contributed by atoms with van der Waals surface area (Å²) < 4.78 is 0. The van der Waals surface area contributed by atoms with Crippen molar-refractivity contribution in [3.05, 3.63) is 35.4 Å². The molecule has 0 aromatic heterocycles. The van der Waals surface area contributed by atoms with Crippen molar-refractivity contribution < 1.29 is 9.63 Å². The number of carbonyl (C=O) groups excluding carboxylic acids is 1. The first-order valence-corrected chi connectivity index (χ1v) is 4.78. The molecular weight excluding hydrogens is 214 g/mol. The van der Waals surface area contributed by atoms with Gasteiger partial charge in [0.1, 0.15) is 0 Å². The molecule has 2 N–H and O–H groups in total. The summed E-state index contributed by atoms with van der Waals surface area (Å²) in [5.74, 6) is 4.52. The van der Waals surface area contributed by atoms with Crippen LogP contribution in [-0.2, 0) is 22.5 Å². The van der Waals surface area contributed by atoms with Crippen molar-refractivity contribution in [2.75, 3.05) is 0 Å². The van der Waals surface area contributed by atoms with Crippen molar-refractivity contribution >= 4 is 18.4 Å². The minimum Gasteiger partial charge on any atom is -0.373 e. The Labute approximate surface area is 95.0 Å². The van der Waals surface area contributed by atoms with Gasteiger partial charge in [0, 0.05) is 0 Å². The lowest BCUT2D eigenvalue weighted by molar-refractivity contribution is -0.149. The summed E-state index contributed by atoms with van der Waals surface area (Å²) in [5.41, 5.74) is 2.59. The number of halogens is 1. The van der Waals surface area contributed by atoms with Gasteiger partial charge in [0.2, 0.25) is 0 Å². The van der Waals surface area contributed by atoms with Gasteiger partial charge in [-0.05, 0) is 30.4 Å². The van der Waals surface area contributed by atoms with E-state index in [-0.39, 0.29) is 24.3 Å². The first-order valence-electron chi connectivity index (χ1n) is 4.78. The Balaban J connectivity index is 0.00000112. The maximum atomic E-state index is 11.2. The first-order chi connectivity index (χ1) is 6.81. The molecular formula is C11H14ClNO2. The van der Waals surface area contributed by atoms with Gasteiger partial charge in [0.05, 0.1) is 5.92 Å². The van der Waals surface area contributed by atoms with Gasteiger partial charge in [-0.1, -0.05) is 24.3 Å². The van der Waals surface area contributed by atoms with Crippen LogP contribution in [0.1, 0.15) is 17.5 Å². The number of aryl methyl sites for hydroxylation is 1. The molecule has 0 saturated heterocycles. The van der Waals surface area contributed by atoms with Crippen molar-refractivity contribution in [1.82, 2.24) is 0 Å². The molecule has 3 nitrogen and oxygen atoms in total. The predicted octanol–water partition coefficient (Wildman–Crippen LogP) is 1.63. The van der Waals surface area contributed by atoms with Crippen LogP contribution in [0.2, 0.25) is 0 Å². The van der Waals surface area contributed by atoms with E-state index in [2.05, 4.69) is 17.0 Å². The third-order valence-corrected chi connectivity index (χ3v) is 2.80. The number of nitrogens with two attached hydrogens (primary N) is 1. The number of hydrogen-bond donors (Lipinski definition) is 1. The average Bonchev–Trinajstić information content (AvgIpc) is 2.27. The van der Waals surface area contributed by atoms with Crippen LogP contribution in [0.5, 0.6) is 0 Å². The molecule has 0 aliphatic heterocycles. The number of hydrogen-bond acceptors (Lipinski definition) is 3. The summed E-state index contributed by atoms with van der Waals surface area (Å²) in [6, 6.07) is 8.19. The number of benzene rings is 1. The molecule has 15 heavy (non-hydrogen) atoms. The van der Waals surface area contributed by atoms with Crippen molar-refractivity contribution in [3.8, 4) is 0 Å². The highest BCUT2D eigenvalue weighted by molar-refractivity contribution is 5.85. The summed E-state index contributed by atoms with van der Waals surface area (Å²) >= 11 is 0. The molecule has 1 atom stereocenters. The lowest BCUT2D eigenvalue weighted by Gasteiger charge is -2.21. The van der Waals surface area contributed by atoms with Gasteiger partial charge in [0.15, 0.2) is 0 Å². The van der Waals surface area contributed by atoms with Gasteiger partial charge >= 0.3 is 5.97 Å². The highest BCUT2D eigenvalue weighted by Crippen LogP contribution is 2.25. The van der Waals surface area contributed by atoms with Gasteiger partial charge in [-0.15, -0.1) is 12.4 Å². The Morgan fingerprint density at radius 1 is 1.33 bits per heavy atom. The Bertz CT molecular complexity index is 354. The molecule has 1 aromatic rings. The molecule has 82 valence electrons. The van der Waals surface area contributed by atoms with Crippen molar-refractivity contribution in [1.29, 1.82) is 0 Å². The number of carbonyl (C=O) groups is 1. The fourth-order valence-electron chi connectivity index (χ4n) is 2.00. The fourth-order valence-corrected chi connectivity index (χ4v) is 2.00. The highest BCUT2D eigenvalue weighted by atomic mass is 35.5. The summed E-state index contributed by atoms with van der Waals surface area (Å²) in [6.07, 6.45) is 2.54. The summed E-state index contributed by atoms with van der Waals surface area (Å²) in [4.78, 5) is 15.5. The molecule has 0 bridgehead atoms. The molecule has 1 unspecified atom stereocenters. The van der Waals surface area contributed by atoms with Crippen molar-refractivity contribution in [3.63, 3.8) is 0 Å². The van der Waals surface area contributed by atoms with Crippen LogP contribution in [0.3, 0.4) is 0 Å². The number of rotatable bonds is 1. The lowest BCUT2D eigenvalue weighted by atomic mass is 9.84. The molecule has 1 aliphatic rings. The maximum absolute atomic E-state index is 11.2. The lowest BCUT2D eigenvalue weighted by Crippen LogP contribution is -2.26. The Kier molecular flexibility index (Phi) is 4.12. The summed E-state index contributed by atoms with van der Waals surface area (Å²) in [7, 11) is 0. The molecule has 0 heterocycles. The highest BCUT2D eigenvalue weighted by Gasteiger charge is 2.25. The molecule has 0 radical (unpaired) electrons. The number of fused-ring (bicyclic) bond motifs is 1. The van der Waals surface area contributed by atoms with Gasteiger partial charge in [-0.3, -0.25) is 4.79 Å². The van der Waals surface area contributed by atoms with E-state index >= 15 is 0 Å². The third-order valence-electron chi connectivity index (χ3n) is 2.80. The fraction of sp³-hybridized carbons (Fsp3) is 0.364. The van der Waals surface area contributed by atoms with Gasteiger partial charge < -0.3 is 4.84 Å². The second-order valence-corrected chi connectivity index (χ2v) is 3.65. The molecule has 0 spiro atoms. The second-order valence-electron chi connectivity index (χ2n) is 3.65. The zero-order chi connectivity index (χ0) is 9.97. The SMILES string of the molecule is Cl.NOC(=O)C1CCc2ccccc2C1. The Morgan fingerprint density at radius 3 is 2.67 bits per heavy atom. The Morgan fingerprint density at radius 2 is 2.00 bits per heavy atom. The van der Waals surface area contributed by atoms with Gasteiger partial charge in [0.25, 0.3) is 0 Å². The molecule has 0 amide bonds. The van der Waals surface area contributed by atoms with Crippen LogP contribution < -0.4 is 5.90 Å². The molecule has 0 fully saturated rings. The zero-order valence-electron chi connectivity index (χ0n) is 8.31. The second kappa shape index (κ2) is 5.14. The van der Waals surface area contributed by atoms with Crippen LogP contribution in [0.15, 0.2) is 24.3 Å². The van der Waals surface area contributed by atoms with E-state index in [4.69, 9.17) is 5.90 Å². The van der Waals surface area contributed by atoms with Crippen LogP contribution >= 0.6 is 12.4 Å². The van der Waals surface area contributed by atoms with Crippen LogP contribution in [-0.4, -0.2) is 5.97 Å². The van der Waals surface area contributed by atoms with Crippen LogP contribution in [0.25, 0.3) is 0 Å². The largest absolute Gasteiger partial charge is 0.373 e. The van der Waals surface area contributed by atoms with E-state index in [1.165, 1.54) is 11.1 Å². The summed E-state index contributed by atoms with van der Waals surface area (Å²) in [5, 5.41) is 0. The minimum atomic E-state index is -0.292. The van der Waals surface area contributed by atoms with Crippen LogP contribution in [0, 0.1) is 5.92 Å². The van der Waals surface area contributed by atoms with E-state index in [1.807, 2.05) is 12.1 Å². The third kappa shape index (κ3) is 2.49. The average molecular weight is 228 g/mol. The molecule has 2 rings (SSSR count). The summed E-state index contributed by atoms with van der Waals surface area (Å²) in [6.45, 7) is 0. The monoisotopic (exact) mass is 227 g/mol. The normalized spacial score (nSPS) is 18.6. The van der Waals surface area contributed by atoms with E-state index in [1.54, 1.807) is 0 Å². The Hall–Kier alpha value is -1.06. The zero-order valence-corrected chi connectivity index (χ0v) is 9.13. The van der Waals surface area contributed by atoms with Crippen LogP contribution in [0.4, 0.5) is 0 Å². The quantitative estimate of drug-likeness (QED) is 0.742. The van der Waals surface area contributed by atoms with Gasteiger partial charge in [-0.25, -0.2) is 0 Å². The van der Waals surface area contributed by atoms with Crippen molar-refractivity contribution in [2.45, 2.75) is 19.3 Å². The molecule has 1 aromatic carbocycles. The van der Waals surface area contributed by atoms with Crippen molar-refractivity contribution in [2.24, 2.45) is 11.8 Å². The molecule has 4 heteroatoms. The van der Waals surface area contributed by atoms with E-state index in [9.17, 15) is 4.79 Å². The smallest absolute Gasteiger partial charge is 0.327 e. The predicted molar refractivity (Wildman–Crippen MR) is 59.5 cm³/mol.